The van der Waals surface area contributed by atoms with Crippen LogP contribution >= 0.6 is 0 Å². The maximum atomic E-state index is 13.3. The summed E-state index contributed by atoms with van der Waals surface area (Å²) >= 11 is 0. The summed E-state index contributed by atoms with van der Waals surface area (Å²) in [6.07, 6.45) is 7.73. The van der Waals surface area contributed by atoms with Gasteiger partial charge in [0.1, 0.15) is 5.82 Å². The quantitative estimate of drug-likeness (QED) is 0.634. The van der Waals surface area contributed by atoms with E-state index >= 15 is 0 Å². The Morgan fingerprint density at radius 3 is 2.47 bits per heavy atom. The summed E-state index contributed by atoms with van der Waals surface area (Å²) in [5.41, 5.74) is 1.59. The van der Waals surface area contributed by atoms with Crippen LogP contribution in [0.15, 0.2) is 18.2 Å². The average molecular weight is 237 g/mol. The minimum atomic E-state index is -0.127. The standard InChI is InChI=1S/C15H24FN/c1-3-4-5-6-7-8-11-17-14-10-9-13(2)15(16)12-14/h9-10,12,17H,3-8,11H2,1-2H3. The summed E-state index contributed by atoms with van der Waals surface area (Å²) in [5, 5.41) is 3.26. The average Bonchev–Trinajstić information content (AvgIpc) is 2.32. The van der Waals surface area contributed by atoms with Crippen LogP contribution in [0.4, 0.5) is 10.1 Å². The van der Waals surface area contributed by atoms with Gasteiger partial charge in [0.15, 0.2) is 0 Å². The van der Waals surface area contributed by atoms with Gasteiger partial charge in [0.2, 0.25) is 0 Å². The van der Waals surface area contributed by atoms with E-state index in [9.17, 15) is 4.39 Å². The molecule has 0 aliphatic rings. The Bertz CT molecular complexity index is 323. The fraction of sp³-hybridized carbons (Fsp3) is 0.600. The van der Waals surface area contributed by atoms with Gasteiger partial charge in [-0.3, -0.25) is 0 Å². The van der Waals surface area contributed by atoms with Crippen LogP contribution in [0.2, 0.25) is 0 Å². The molecule has 0 amide bonds. The molecule has 0 saturated heterocycles. The van der Waals surface area contributed by atoms with Crippen molar-refractivity contribution in [2.45, 2.75) is 52.4 Å². The van der Waals surface area contributed by atoms with Crippen LogP contribution in [0.1, 0.15) is 51.0 Å². The zero-order valence-electron chi connectivity index (χ0n) is 11.1. The van der Waals surface area contributed by atoms with Crippen molar-refractivity contribution < 1.29 is 4.39 Å². The SMILES string of the molecule is CCCCCCCCNc1ccc(C)c(F)c1. The maximum absolute atomic E-state index is 13.3. The molecule has 0 spiro atoms. The molecule has 2 heteroatoms. The number of hydrogen-bond donors (Lipinski definition) is 1. The molecule has 1 N–H and O–H groups in total. The van der Waals surface area contributed by atoms with Crippen molar-refractivity contribution in [3.8, 4) is 0 Å². The predicted octanol–water partition coefficient (Wildman–Crippen LogP) is 4.91. The molecule has 0 heterocycles. The molecular weight excluding hydrogens is 213 g/mol. The molecule has 0 atom stereocenters. The number of nitrogens with one attached hydrogen (secondary N) is 1. The highest BCUT2D eigenvalue weighted by Crippen LogP contribution is 2.13. The molecule has 0 bridgehead atoms. The van der Waals surface area contributed by atoms with Crippen LogP contribution in [0, 0.1) is 12.7 Å². The maximum Gasteiger partial charge on any atom is 0.128 e. The van der Waals surface area contributed by atoms with Crippen LogP contribution < -0.4 is 5.32 Å². The van der Waals surface area contributed by atoms with Gasteiger partial charge in [0.05, 0.1) is 0 Å². The molecule has 1 rings (SSSR count). The second kappa shape index (κ2) is 8.10. The van der Waals surface area contributed by atoms with E-state index in [0.29, 0.717) is 5.56 Å². The van der Waals surface area contributed by atoms with Gasteiger partial charge in [-0.1, -0.05) is 45.1 Å². The number of halogens is 1. The first-order chi connectivity index (χ1) is 8.24. The molecule has 1 aromatic rings. The Balaban J connectivity index is 2.11. The Hall–Kier alpha value is -1.05. The molecule has 0 aliphatic carbocycles. The van der Waals surface area contributed by atoms with E-state index in [2.05, 4.69) is 12.2 Å². The highest BCUT2D eigenvalue weighted by atomic mass is 19.1. The molecule has 96 valence electrons. The summed E-state index contributed by atoms with van der Waals surface area (Å²) in [5.74, 6) is -0.127. The number of benzene rings is 1. The second-order valence-electron chi connectivity index (χ2n) is 4.66. The molecule has 17 heavy (non-hydrogen) atoms. The zero-order valence-corrected chi connectivity index (χ0v) is 11.1. The van der Waals surface area contributed by atoms with Gasteiger partial charge in [0.25, 0.3) is 0 Å². The zero-order chi connectivity index (χ0) is 12.5. The van der Waals surface area contributed by atoms with Crippen molar-refractivity contribution in [3.63, 3.8) is 0 Å². The third-order valence-corrected chi connectivity index (χ3v) is 3.03. The largest absolute Gasteiger partial charge is 0.385 e. The lowest BCUT2D eigenvalue weighted by Crippen LogP contribution is -2.01. The Kier molecular flexibility index (Phi) is 6.68. The summed E-state index contributed by atoms with van der Waals surface area (Å²) in [7, 11) is 0. The van der Waals surface area contributed by atoms with Gasteiger partial charge in [0, 0.05) is 12.2 Å². The van der Waals surface area contributed by atoms with Gasteiger partial charge >= 0.3 is 0 Å². The van der Waals surface area contributed by atoms with Crippen molar-refractivity contribution >= 4 is 5.69 Å². The number of anilines is 1. The van der Waals surface area contributed by atoms with Crippen LogP contribution in [0.5, 0.6) is 0 Å². The minimum Gasteiger partial charge on any atom is -0.385 e. The van der Waals surface area contributed by atoms with Crippen LogP contribution in [-0.4, -0.2) is 6.54 Å². The predicted molar refractivity (Wildman–Crippen MR) is 73.0 cm³/mol. The van der Waals surface area contributed by atoms with E-state index in [1.165, 1.54) is 38.5 Å². The third-order valence-electron chi connectivity index (χ3n) is 3.03. The van der Waals surface area contributed by atoms with E-state index in [1.54, 1.807) is 13.0 Å². The number of hydrogen-bond acceptors (Lipinski definition) is 1. The molecule has 0 aliphatic heterocycles. The van der Waals surface area contributed by atoms with E-state index in [4.69, 9.17) is 0 Å². The molecule has 1 nitrogen and oxygen atoms in total. The van der Waals surface area contributed by atoms with Crippen molar-refractivity contribution in [3.05, 3.63) is 29.6 Å². The first-order valence-electron chi connectivity index (χ1n) is 6.74. The molecule has 0 unspecified atom stereocenters. The highest BCUT2D eigenvalue weighted by Gasteiger charge is 1.98. The van der Waals surface area contributed by atoms with Crippen molar-refractivity contribution in [1.29, 1.82) is 0 Å². The van der Waals surface area contributed by atoms with E-state index in [0.717, 1.165) is 12.2 Å². The van der Waals surface area contributed by atoms with E-state index in [1.807, 2.05) is 12.1 Å². The second-order valence-corrected chi connectivity index (χ2v) is 4.66. The lowest BCUT2D eigenvalue weighted by Gasteiger charge is -2.07. The van der Waals surface area contributed by atoms with Crippen LogP contribution in [0.3, 0.4) is 0 Å². The minimum absolute atomic E-state index is 0.127. The lowest BCUT2D eigenvalue weighted by atomic mass is 10.1. The lowest BCUT2D eigenvalue weighted by molar-refractivity contribution is 0.614. The molecule has 0 radical (unpaired) electrons. The fourth-order valence-electron chi connectivity index (χ4n) is 1.84. The fourth-order valence-corrected chi connectivity index (χ4v) is 1.84. The molecule has 0 aromatic heterocycles. The Labute approximate surface area is 104 Å². The monoisotopic (exact) mass is 237 g/mol. The third kappa shape index (κ3) is 5.71. The number of unbranched alkanes of at least 4 members (excludes halogenated alkanes) is 5. The Morgan fingerprint density at radius 1 is 1.06 bits per heavy atom. The number of aryl methyl sites for hydroxylation is 1. The summed E-state index contributed by atoms with van der Waals surface area (Å²) in [4.78, 5) is 0. The molecule has 1 aromatic carbocycles. The molecular formula is C15H24FN. The van der Waals surface area contributed by atoms with Crippen LogP contribution in [-0.2, 0) is 0 Å². The normalized spacial score (nSPS) is 10.5. The first kappa shape index (κ1) is 14.0. The Morgan fingerprint density at radius 2 is 1.76 bits per heavy atom. The smallest absolute Gasteiger partial charge is 0.128 e. The summed E-state index contributed by atoms with van der Waals surface area (Å²) in [6.45, 7) is 4.95. The van der Waals surface area contributed by atoms with Gasteiger partial charge in [-0.15, -0.1) is 0 Å². The van der Waals surface area contributed by atoms with Gasteiger partial charge in [-0.25, -0.2) is 4.39 Å². The van der Waals surface area contributed by atoms with Crippen molar-refractivity contribution in [1.82, 2.24) is 0 Å². The van der Waals surface area contributed by atoms with Crippen molar-refractivity contribution in [2.24, 2.45) is 0 Å². The summed E-state index contributed by atoms with van der Waals surface area (Å²) < 4.78 is 13.3. The van der Waals surface area contributed by atoms with Gasteiger partial charge in [-0.05, 0) is 31.0 Å². The van der Waals surface area contributed by atoms with E-state index < -0.39 is 0 Å². The van der Waals surface area contributed by atoms with Gasteiger partial charge < -0.3 is 5.32 Å². The molecule has 0 saturated carbocycles. The topological polar surface area (TPSA) is 12.0 Å². The van der Waals surface area contributed by atoms with Crippen LogP contribution in [0.25, 0.3) is 0 Å². The van der Waals surface area contributed by atoms with Gasteiger partial charge in [-0.2, -0.15) is 0 Å². The van der Waals surface area contributed by atoms with Crippen molar-refractivity contribution in [2.75, 3.05) is 11.9 Å². The first-order valence-corrected chi connectivity index (χ1v) is 6.74. The van der Waals surface area contributed by atoms with E-state index in [-0.39, 0.29) is 5.82 Å². The number of rotatable bonds is 8. The highest BCUT2D eigenvalue weighted by molar-refractivity contribution is 5.44. The molecule has 0 fully saturated rings. The summed E-state index contributed by atoms with van der Waals surface area (Å²) in [6, 6.07) is 5.33.